The molecule has 0 aromatic heterocycles. The zero-order chi connectivity index (χ0) is 18.9. The molecular weight excluding hydrogens is 342 g/mol. The third kappa shape index (κ3) is 4.61. The van der Waals surface area contributed by atoms with Crippen LogP contribution in [-0.4, -0.2) is 62.0 Å². The van der Waals surface area contributed by atoms with Gasteiger partial charge in [0.2, 0.25) is 10.0 Å². The van der Waals surface area contributed by atoms with E-state index in [0.717, 1.165) is 5.84 Å². The molecule has 2 heterocycles. The van der Waals surface area contributed by atoms with E-state index in [1.165, 1.54) is 18.4 Å². The summed E-state index contributed by atoms with van der Waals surface area (Å²) in [7, 11) is -2.34. The highest BCUT2D eigenvalue weighted by atomic mass is 32.2. The van der Waals surface area contributed by atoms with Gasteiger partial charge >= 0.3 is 0 Å². The van der Waals surface area contributed by atoms with Crippen LogP contribution in [0.3, 0.4) is 0 Å². The van der Waals surface area contributed by atoms with Crippen LogP contribution in [0.1, 0.15) is 41.0 Å². The van der Waals surface area contributed by atoms with Crippen LogP contribution < -0.4 is 4.72 Å². The van der Waals surface area contributed by atoms with Crippen LogP contribution in [0.5, 0.6) is 0 Å². The van der Waals surface area contributed by atoms with Crippen molar-refractivity contribution in [2.45, 2.75) is 59.4 Å². The van der Waals surface area contributed by atoms with Gasteiger partial charge in [0.05, 0.1) is 6.04 Å². The van der Waals surface area contributed by atoms with Crippen LogP contribution in [0.25, 0.3) is 0 Å². The average molecular weight is 374 g/mol. The van der Waals surface area contributed by atoms with E-state index in [0.29, 0.717) is 18.9 Å². The Labute approximate surface area is 151 Å². The summed E-state index contributed by atoms with van der Waals surface area (Å²) in [5, 5.41) is 9.46. The van der Waals surface area contributed by atoms with Crippen molar-refractivity contribution in [2.24, 2.45) is 16.8 Å². The molecule has 0 aromatic rings. The van der Waals surface area contributed by atoms with E-state index in [2.05, 4.69) is 49.0 Å². The molecule has 7 nitrogen and oxygen atoms in total. The SMILES string of the molecule is COC(O)CS(=O)(=O)N[C@H]1CC2=C(C(C)C)[C@H](C)N=C(C(C)C)N2C1. The van der Waals surface area contributed by atoms with Crippen LogP contribution in [0.4, 0.5) is 0 Å². The van der Waals surface area contributed by atoms with Crippen molar-refractivity contribution in [2.75, 3.05) is 19.4 Å². The standard InChI is InChI=1S/C17H31N3O4S/c1-10(2)16-12(5)18-17(11(3)4)20-8-13(7-14(16)20)19-25(22,23)9-15(21)24-6/h10-13,15,19,21H,7-9H2,1-6H3/t12-,13-,15?/m0/s1. The Bertz CT molecular complexity index is 655. The van der Waals surface area contributed by atoms with Gasteiger partial charge in [0.1, 0.15) is 11.6 Å². The molecule has 2 N–H and O–H groups in total. The fourth-order valence-electron chi connectivity index (χ4n) is 3.74. The first-order chi connectivity index (χ1) is 11.6. The predicted octanol–water partition coefficient (Wildman–Crippen LogP) is 1.31. The second kappa shape index (κ2) is 7.73. The minimum absolute atomic E-state index is 0.120. The minimum Gasteiger partial charge on any atom is -0.367 e. The molecule has 0 aromatic carbocycles. The van der Waals surface area contributed by atoms with Crippen molar-refractivity contribution < 1.29 is 18.3 Å². The van der Waals surface area contributed by atoms with Crippen LogP contribution in [0.2, 0.25) is 0 Å². The van der Waals surface area contributed by atoms with Crippen molar-refractivity contribution in [1.29, 1.82) is 0 Å². The second-order valence-electron chi connectivity index (χ2n) is 7.48. The summed E-state index contributed by atoms with van der Waals surface area (Å²) < 4.78 is 31.8. The number of nitrogens with zero attached hydrogens (tertiary/aromatic N) is 2. The van der Waals surface area contributed by atoms with E-state index in [4.69, 9.17) is 4.99 Å². The van der Waals surface area contributed by atoms with Crippen molar-refractivity contribution >= 4 is 15.9 Å². The summed E-state index contributed by atoms with van der Waals surface area (Å²) in [5.74, 6) is 1.19. The molecule has 25 heavy (non-hydrogen) atoms. The highest BCUT2D eigenvalue weighted by Gasteiger charge is 2.39. The molecule has 0 bridgehead atoms. The molecule has 2 rings (SSSR count). The molecule has 144 valence electrons. The summed E-state index contributed by atoms with van der Waals surface area (Å²) in [6.07, 6.45) is -0.675. The molecule has 1 fully saturated rings. The topological polar surface area (TPSA) is 91.2 Å². The number of sulfonamides is 1. The number of methoxy groups -OCH3 is 1. The number of aliphatic hydroxyl groups excluding tert-OH is 1. The lowest BCUT2D eigenvalue weighted by Gasteiger charge is -2.35. The smallest absolute Gasteiger partial charge is 0.216 e. The lowest BCUT2D eigenvalue weighted by molar-refractivity contribution is -0.0558. The van der Waals surface area contributed by atoms with E-state index in [9.17, 15) is 13.5 Å². The number of rotatable bonds is 7. The molecule has 3 atom stereocenters. The predicted molar refractivity (Wildman–Crippen MR) is 98.6 cm³/mol. The van der Waals surface area contributed by atoms with Gasteiger partial charge < -0.3 is 14.7 Å². The van der Waals surface area contributed by atoms with Crippen molar-refractivity contribution in [3.63, 3.8) is 0 Å². The zero-order valence-electron chi connectivity index (χ0n) is 16.0. The molecule has 1 unspecified atom stereocenters. The highest BCUT2D eigenvalue weighted by molar-refractivity contribution is 7.89. The summed E-state index contributed by atoms with van der Waals surface area (Å²) in [5.41, 5.74) is 2.48. The van der Waals surface area contributed by atoms with Gasteiger partial charge in [-0.2, -0.15) is 0 Å². The molecule has 2 aliphatic rings. The number of aliphatic imine (C=N–C) groups is 1. The van der Waals surface area contributed by atoms with Crippen LogP contribution >= 0.6 is 0 Å². The maximum absolute atomic E-state index is 12.2. The molecule has 0 radical (unpaired) electrons. The van der Waals surface area contributed by atoms with Gasteiger partial charge in [-0.3, -0.25) is 4.99 Å². The zero-order valence-corrected chi connectivity index (χ0v) is 16.8. The monoisotopic (exact) mass is 373 g/mol. The van der Waals surface area contributed by atoms with Crippen LogP contribution in [0, 0.1) is 11.8 Å². The fraction of sp³-hybridized carbons (Fsp3) is 0.824. The van der Waals surface area contributed by atoms with Gasteiger partial charge in [-0.15, -0.1) is 0 Å². The third-order valence-electron chi connectivity index (χ3n) is 4.67. The van der Waals surface area contributed by atoms with Gasteiger partial charge in [0, 0.05) is 37.7 Å². The summed E-state index contributed by atoms with van der Waals surface area (Å²) in [6, 6.07) is -0.110. The van der Waals surface area contributed by atoms with Crippen molar-refractivity contribution in [3.05, 3.63) is 11.3 Å². The van der Waals surface area contributed by atoms with Gasteiger partial charge in [0.25, 0.3) is 0 Å². The van der Waals surface area contributed by atoms with Crippen molar-refractivity contribution in [1.82, 2.24) is 9.62 Å². The Hall–Kier alpha value is -0.960. The molecule has 8 heteroatoms. The Morgan fingerprint density at radius 1 is 1.32 bits per heavy atom. The van der Waals surface area contributed by atoms with Crippen LogP contribution in [-0.2, 0) is 14.8 Å². The number of amidine groups is 1. The van der Waals surface area contributed by atoms with E-state index in [1.54, 1.807) is 0 Å². The Morgan fingerprint density at radius 3 is 2.48 bits per heavy atom. The Kier molecular flexibility index (Phi) is 6.30. The third-order valence-corrected chi connectivity index (χ3v) is 6.09. The first kappa shape index (κ1) is 20.4. The van der Waals surface area contributed by atoms with Crippen LogP contribution in [0.15, 0.2) is 16.3 Å². The van der Waals surface area contributed by atoms with Gasteiger partial charge in [-0.1, -0.05) is 27.7 Å². The molecule has 0 amide bonds. The molecule has 1 saturated heterocycles. The highest BCUT2D eigenvalue weighted by Crippen LogP contribution is 2.36. The first-order valence-electron chi connectivity index (χ1n) is 8.84. The number of hydrogen-bond acceptors (Lipinski definition) is 6. The summed E-state index contributed by atoms with van der Waals surface area (Å²) >= 11 is 0. The number of aliphatic hydroxyl groups is 1. The Balaban J connectivity index is 2.24. The fourth-order valence-corrected chi connectivity index (χ4v) is 5.01. The van der Waals surface area contributed by atoms with Gasteiger partial charge in [-0.25, -0.2) is 13.1 Å². The Morgan fingerprint density at radius 2 is 1.96 bits per heavy atom. The van der Waals surface area contributed by atoms with E-state index in [-0.39, 0.29) is 18.0 Å². The summed E-state index contributed by atoms with van der Waals surface area (Å²) in [4.78, 5) is 7.05. The second-order valence-corrected chi connectivity index (χ2v) is 9.27. The summed E-state index contributed by atoms with van der Waals surface area (Å²) in [6.45, 7) is 11.2. The molecular formula is C17H31N3O4S. The average Bonchev–Trinajstić information content (AvgIpc) is 2.86. The normalized spacial score (nSPS) is 25.6. The molecule has 2 aliphatic heterocycles. The minimum atomic E-state index is -3.62. The van der Waals surface area contributed by atoms with Crippen molar-refractivity contribution in [3.8, 4) is 0 Å². The van der Waals surface area contributed by atoms with E-state index < -0.39 is 22.1 Å². The quantitative estimate of drug-likeness (QED) is 0.657. The molecule has 0 spiro atoms. The maximum Gasteiger partial charge on any atom is 0.216 e. The number of fused-ring (bicyclic) bond motifs is 1. The number of hydrogen-bond donors (Lipinski definition) is 2. The first-order valence-corrected chi connectivity index (χ1v) is 10.5. The van der Waals surface area contributed by atoms with E-state index >= 15 is 0 Å². The van der Waals surface area contributed by atoms with E-state index in [1.807, 2.05) is 0 Å². The lowest BCUT2D eigenvalue weighted by Crippen LogP contribution is -2.43. The van der Waals surface area contributed by atoms with Gasteiger partial charge in [0.15, 0.2) is 6.29 Å². The lowest BCUT2D eigenvalue weighted by atomic mass is 9.91. The molecule has 0 saturated carbocycles. The largest absolute Gasteiger partial charge is 0.367 e. The number of nitrogens with one attached hydrogen (secondary N) is 1. The molecule has 0 aliphatic carbocycles. The van der Waals surface area contributed by atoms with Gasteiger partial charge in [-0.05, 0) is 18.4 Å². The maximum atomic E-state index is 12.2. The number of ether oxygens (including phenoxy) is 1.